The predicted octanol–water partition coefficient (Wildman–Crippen LogP) is 5.60. The van der Waals surface area contributed by atoms with Crippen molar-refractivity contribution in [2.75, 3.05) is 24.6 Å². The van der Waals surface area contributed by atoms with Crippen LogP contribution in [0.5, 0.6) is 0 Å². The topological polar surface area (TPSA) is 121 Å². The quantitative estimate of drug-likeness (QED) is 0.212. The smallest absolute Gasteiger partial charge is 0.325 e. The summed E-state index contributed by atoms with van der Waals surface area (Å²) in [7, 11) is 0. The third-order valence-corrected chi connectivity index (χ3v) is 4.39. The third-order valence-electron chi connectivity index (χ3n) is 3.81. The maximum Gasteiger partial charge on any atom is 0.325 e. The van der Waals surface area contributed by atoms with Gasteiger partial charge in [0.25, 0.3) is 5.69 Å². The number of ether oxygens (including phenoxy) is 1. The molecule has 0 N–H and O–H groups in total. The Bertz CT molecular complexity index is 966. The Morgan fingerprint density at radius 1 is 1.23 bits per heavy atom. The fourth-order valence-corrected chi connectivity index (χ4v) is 2.99. The highest BCUT2D eigenvalue weighted by molar-refractivity contribution is 6.39. The molecule has 0 aliphatic rings. The number of rotatable bonds is 9. The predicted molar refractivity (Wildman–Crippen MR) is 113 cm³/mol. The Labute approximate surface area is 182 Å². The number of hydrogen-bond donors (Lipinski definition) is 0. The number of azo groups is 1. The monoisotopic (exact) mass is 449 g/mol. The van der Waals surface area contributed by atoms with E-state index in [9.17, 15) is 14.9 Å². The van der Waals surface area contributed by atoms with Crippen LogP contribution >= 0.6 is 23.2 Å². The molecule has 0 amide bonds. The number of nitro benzene ring substituents is 1. The number of carbonyl (C=O) groups excluding carboxylic acids is 1. The number of hydrogen-bond acceptors (Lipinski definition) is 8. The molecular weight excluding hydrogens is 433 g/mol. The largest absolute Gasteiger partial charge is 0.465 e. The maximum atomic E-state index is 11.8. The Morgan fingerprint density at radius 3 is 2.40 bits per heavy atom. The zero-order valence-corrected chi connectivity index (χ0v) is 17.4. The lowest BCUT2D eigenvalue weighted by atomic mass is 10.2. The average Bonchev–Trinajstić information content (AvgIpc) is 2.71. The first-order chi connectivity index (χ1) is 14.3. The molecule has 0 radical (unpaired) electrons. The summed E-state index contributed by atoms with van der Waals surface area (Å²) >= 11 is 12.0. The van der Waals surface area contributed by atoms with Gasteiger partial charge in [0.05, 0.1) is 39.8 Å². The van der Waals surface area contributed by atoms with Crippen molar-refractivity contribution in [1.29, 1.82) is 5.26 Å². The van der Waals surface area contributed by atoms with Crippen molar-refractivity contribution in [3.8, 4) is 6.07 Å². The normalized spacial score (nSPS) is 10.6. The summed E-state index contributed by atoms with van der Waals surface area (Å²) in [6.45, 7) is 2.38. The van der Waals surface area contributed by atoms with E-state index >= 15 is 0 Å². The molecule has 11 heteroatoms. The minimum Gasteiger partial charge on any atom is -0.465 e. The summed E-state index contributed by atoms with van der Waals surface area (Å²) in [5.41, 5.74) is 1.06. The van der Waals surface area contributed by atoms with Crippen LogP contribution in [-0.2, 0) is 9.53 Å². The van der Waals surface area contributed by atoms with E-state index in [1.54, 1.807) is 36.1 Å². The van der Waals surface area contributed by atoms with E-state index in [0.717, 1.165) is 12.1 Å². The molecule has 2 rings (SSSR count). The molecule has 0 heterocycles. The standard InChI is InChI=1S/C19H17Cl2N5O4/c1-2-30-18(27)12-25(9-3-8-22)14-6-4-13(5-7-14)23-24-19-16(20)10-15(26(28)29)11-17(19)21/h4-7,10-11H,2-3,9,12H2,1H3. The Morgan fingerprint density at radius 2 is 1.87 bits per heavy atom. The van der Waals surface area contributed by atoms with Crippen molar-refractivity contribution in [2.45, 2.75) is 13.3 Å². The van der Waals surface area contributed by atoms with Crippen molar-refractivity contribution in [3.05, 3.63) is 56.6 Å². The van der Waals surface area contributed by atoms with E-state index in [1.165, 1.54) is 0 Å². The Kier molecular flexibility index (Phi) is 8.53. The summed E-state index contributed by atoms with van der Waals surface area (Å²) < 4.78 is 4.97. The second-order valence-electron chi connectivity index (χ2n) is 5.87. The summed E-state index contributed by atoms with van der Waals surface area (Å²) in [6, 6.07) is 11.1. The molecule has 0 bridgehead atoms. The summed E-state index contributed by atoms with van der Waals surface area (Å²) in [5.74, 6) is -0.387. The summed E-state index contributed by atoms with van der Waals surface area (Å²) in [4.78, 5) is 23.8. The van der Waals surface area contributed by atoms with Gasteiger partial charge in [-0.15, -0.1) is 5.11 Å². The number of non-ortho nitro benzene ring substituents is 1. The van der Waals surface area contributed by atoms with Gasteiger partial charge in [-0.25, -0.2) is 0 Å². The van der Waals surface area contributed by atoms with E-state index in [2.05, 4.69) is 16.3 Å². The molecule has 9 nitrogen and oxygen atoms in total. The zero-order valence-electron chi connectivity index (χ0n) is 15.9. The number of nitro groups is 1. The van der Waals surface area contributed by atoms with Crippen molar-refractivity contribution in [2.24, 2.45) is 10.2 Å². The lowest BCUT2D eigenvalue weighted by molar-refractivity contribution is -0.384. The minimum absolute atomic E-state index is 0.00619. The van der Waals surface area contributed by atoms with Gasteiger partial charge in [0, 0.05) is 24.4 Å². The van der Waals surface area contributed by atoms with Crippen LogP contribution in [0.3, 0.4) is 0 Å². The van der Waals surface area contributed by atoms with Crippen LogP contribution in [0.15, 0.2) is 46.6 Å². The fourth-order valence-electron chi connectivity index (χ4n) is 2.44. The number of esters is 1. The number of nitrogens with zero attached hydrogens (tertiary/aromatic N) is 5. The molecule has 0 saturated heterocycles. The Balaban J connectivity index is 2.19. The van der Waals surface area contributed by atoms with Gasteiger partial charge in [0.2, 0.25) is 0 Å². The molecule has 0 unspecified atom stereocenters. The van der Waals surface area contributed by atoms with Crippen molar-refractivity contribution < 1.29 is 14.5 Å². The average molecular weight is 450 g/mol. The van der Waals surface area contributed by atoms with Crippen LogP contribution in [0.4, 0.5) is 22.7 Å². The summed E-state index contributed by atoms with van der Waals surface area (Å²) in [5, 5.41) is 27.7. The lowest BCUT2D eigenvalue weighted by Gasteiger charge is -2.22. The van der Waals surface area contributed by atoms with E-state index in [-0.39, 0.29) is 47.0 Å². The molecule has 0 aromatic heterocycles. The number of anilines is 1. The molecule has 0 fully saturated rings. The molecule has 2 aromatic rings. The van der Waals surface area contributed by atoms with Gasteiger partial charge >= 0.3 is 5.97 Å². The molecule has 0 aliphatic heterocycles. The molecule has 0 spiro atoms. The summed E-state index contributed by atoms with van der Waals surface area (Å²) in [6.07, 6.45) is 0.248. The number of nitriles is 1. The van der Waals surface area contributed by atoms with Gasteiger partial charge < -0.3 is 9.64 Å². The lowest BCUT2D eigenvalue weighted by Crippen LogP contribution is -2.31. The van der Waals surface area contributed by atoms with Crippen LogP contribution in [-0.4, -0.2) is 30.6 Å². The molecule has 2 aromatic carbocycles. The van der Waals surface area contributed by atoms with Gasteiger partial charge in [0.15, 0.2) is 0 Å². The highest BCUT2D eigenvalue weighted by atomic mass is 35.5. The van der Waals surface area contributed by atoms with Gasteiger partial charge in [-0.2, -0.15) is 10.4 Å². The van der Waals surface area contributed by atoms with Crippen LogP contribution in [0, 0.1) is 21.4 Å². The second-order valence-corrected chi connectivity index (χ2v) is 6.68. The van der Waals surface area contributed by atoms with E-state index in [1.807, 2.05) is 0 Å². The number of benzene rings is 2. The molecule has 0 aliphatic carbocycles. The van der Waals surface area contributed by atoms with Crippen LogP contribution in [0.1, 0.15) is 13.3 Å². The van der Waals surface area contributed by atoms with Gasteiger partial charge in [-0.1, -0.05) is 23.2 Å². The van der Waals surface area contributed by atoms with E-state index in [4.69, 9.17) is 33.2 Å². The van der Waals surface area contributed by atoms with Crippen LogP contribution < -0.4 is 4.90 Å². The first-order valence-electron chi connectivity index (χ1n) is 8.78. The maximum absolute atomic E-state index is 11.8. The SMILES string of the molecule is CCOC(=O)CN(CCC#N)c1ccc(N=Nc2c(Cl)cc([N+](=O)[O-])cc2Cl)cc1. The minimum atomic E-state index is -0.605. The molecule has 0 atom stereocenters. The van der Waals surface area contributed by atoms with Gasteiger partial charge in [0.1, 0.15) is 12.2 Å². The zero-order chi connectivity index (χ0) is 22.1. The van der Waals surface area contributed by atoms with Crippen molar-refractivity contribution in [1.82, 2.24) is 0 Å². The van der Waals surface area contributed by atoms with Gasteiger partial charge in [-0.05, 0) is 31.2 Å². The molecule has 0 saturated carbocycles. The highest BCUT2D eigenvalue weighted by Gasteiger charge is 2.15. The Hall–Kier alpha value is -3.22. The molecule has 30 heavy (non-hydrogen) atoms. The van der Waals surface area contributed by atoms with Crippen molar-refractivity contribution in [3.63, 3.8) is 0 Å². The number of carbonyl (C=O) groups is 1. The first-order valence-corrected chi connectivity index (χ1v) is 9.54. The van der Waals surface area contributed by atoms with Crippen molar-refractivity contribution >= 4 is 51.9 Å². The number of halogens is 2. The fraction of sp³-hybridized carbons (Fsp3) is 0.263. The van der Waals surface area contributed by atoms with E-state index < -0.39 is 4.92 Å². The first kappa shape index (κ1) is 23.1. The van der Waals surface area contributed by atoms with Gasteiger partial charge in [-0.3, -0.25) is 14.9 Å². The molecular formula is C19H17Cl2N5O4. The third kappa shape index (κ3) is 6.40. The van der Waals surface area contributed by atoms with Crippen LogP contribution in [0.25, 0.3) is 0 Å². The van der Waals surface area contributed by atoms with Crippen LogP contribution in [0.2, 0.25) is 10.0 Å². The highest BCUT2D eigenvalue weighted by Crippen LogP contribution is 2.37. The van der Waals surface area contributed by atoms with E-state index in [0.29, 0.717) is 17.9 Å². The molecule has 156 valence electrons. The second kappa shape index (κ2) is 11.1.